The van der Waals surface area contributed by atoms with Crippen molar-refractivity contribution < 1.29 is 28.2 Å². The second-order valence-electron chi connectivity index (χ2n) is 6.78. The van der Waals surface area contributed by atoms with Crippen molar-refractivity contribution in [2.24, 2.45) is 0 Å². The van der Waals surface area contributed by atoms with E-state index in [1.165, 1.54) is 21.3 Å². The number of ketones is 1. The van der Waals surface area contributed by atoms with Gasteiger partial charge in [-0.1, -0.05) is 0 Å². The van der Waals surface area contributed by atoms with Crippen LogP contribution in [0.1, 0.15) is 63.6 Å². The fourth-order valence-electron chi connectivity index (χ4n) is 3.56. The van der Waals surface area contributed by atoms with Gasteiger partial charge in [0.25, 0.3) is 5.91 Å². The van der Waals surface area contributed by atoms with Crippen LogP contribution in [0.4, 0.5) is 0 Å². The van der Waals surface area contributed by atoms with Crippen LogP contribution in [-0.4, -0.2) is 33.0 Å². The summed E-state index contributed by atoms with van der Waals surface area (Å²) in [4.78, 5) is 25.0. The van der Waals surface area contributed by atoms with Gasteiger partial charge < -0.3 is 23.9 Å². The highest BCUT2D eigenvalue weighted by Crippen LogP contribution is 2.39. The highest BCUT2D eigenvalue weighted by Gasteiger charge is 2.29. The Morgan fingerprint density at radius 1 is 1.11 bits per heavy atom. The molecule has 7 nitrogen and oxygen atoms in total. The lowest BCUT2D eigenvalue weighted by atomic mass is 9.94. The first-order valence-electron chi connectivity index (χ1n) is 9.17. The number of Topliss-reactive ketones (excluding diaryl/α,β-unsaturated/α-hetero) is 1. The van der Waals surface area contributed by atoms with Crippen LogP contribution in [0.15, 0.2) is 16.5 Å². The summed E-state index contributed by atoms with van der Waals surface area (Å²) in [6.07, 6.45) is 1.93. The van der Waals surface area contributed by atoms with Gasteiger partial charge in [-0.05, 0) is 38.0 Å². The topological polar surface area (TPSA) is 87.0 Å². The van der Waals surface area contributed by atoms with Gasteiger partial charge in [-0.3, -0.25) is 9.59 Å². The standard InChI is InChI=1S/C21H25NO6/c1-11-18-14(23)7-6-8-15(18)28-19(11)21(24)22-12(2)13-9-16(25-3)20(27-5)17(10-13)26-4/h9-10,12H,6-8H2,1-5H3,(H,22,24)/t12-/m0/s1. The number of nitrogens with one attached hydrogen (secondary N) is 1. The normalized spacial score (nSPS) is 14.2. The number of carbonyl (C=O) groups excluding carboxylic acids is 2. The number of hydrogen-bond acceptors (Lipinski definition) is 6. The van der Waals surface area contributed by atoms with E-state index in [0.717, 1.165) is 12.0 Å². The minimum atomic E-state index is -0.360. The minimum absolute atomic E-state index is 0.0409. The van der Waals surface area contributed by atoms with Crippen molar-refractivity contribution in [1.29, 1.82) is 0 Å². The summed E-state index contributed by atoms with van der Waals surface area (Å²) in [6, 6.07) is 3.23. The third-order valence-electron chi connectivity index (χ3n) is 5.05. The predicted octanol–water partition coefficient (Wildman–Crippen LogP) is 3.62. The smallest absolute Gasteiger partial charge is 0.287 e. The Labute approximate surface area is 164 Å². The van der Waals surface area contributed by atoms with E-state index < -0.39 is 0 Å². The molecule has 0 saturated heterocycles. The number of fused-ring (bicyclic) bond motifs is 1. The zero-order valence-corrected chi connectivity index (χ0v) is 16.8. The Morgan fingerprint density at radius 3 is 2.29 bits per heavy atom. The van der Waals surface area contributed by atoms with Crippen molar-refractivity contribution in [3.8, 4) is 17.2 Å². The van der Waals surface area contributed by atoms with Crippen LogP contribution in [0.3, 0.4) is 0 Å². The molecule has 1 heterocycles. The molecule has 0 saturated carbocycles. The zero-order chi connectivity index (χ0) is 20.4. The lowest BCUT2D eigenvalue weighted by molar-refractivity contribution is 0.0906. The molecule has 1 aliphatic rings. The third kappa shape index (κ3) is 3.44. The molecule has 1 amide bonds. The fraction of sp³-hybridized carbons (Fsp3) is 0.429. The summed E-state index contributed by atoms with van der Waals surface area (Å²) in [6.45, 7) is 3.60. The van der Waals surface area contributed by atoms with Crippen molar-refractivity contribution in [2.75, 3.05) is 21.3 Å². The zero-order valence-electron chi connectivity index (χ0n) is 16.8. The quantitative estimate of drug-likeness (QED) is 0.815. The highest BCUT2D eigenvalue weighted by molar-refractivity contribution is 6.03. The molecule has 2 aromatic rings. The summed E-state index contributed by atoms with van der Waals surface area (Å²) in [5.41, 5.74) is 1.96. The highest BCUT2D eigenvalue weighted by atomic mass is 16.5. The molecule has 0 fully saturated rings. The van der Waals surface area contributed by atoms with Gasteiger partial charge in [0, 0.05) is 18.4 Å². The maximum absolute atomic E-state index is 12.8. The van der Waals surface area contributed by atoms with E-state index in [9.17, 15) is 9.59 Å². The number of carbonyl (C=O) groups is 2. The fourth-order valence-corrected chi connectivity index (χ4v) is 3.56. The number of furan rings is 1. The largest absolute Gasteiger partial charge is 0.493 e. The van der Waals surface area contributed by atoms with Gasteiger partial charge in [-0.2, -0.15) is 0 Å². The van der Waals surface area contributed by atoms with Gasteiger partial charge in [0.1, 0.15) is 5.76 Å². The molecule has 0 radical (unpaired) electrons. The number of hydrogen-bond donors (Lipinski definition) is 1. The van der Waals surface area contributed by atoms with Crippen LogP contribution < -0.4 is 19.5 Å². The molecule has 7 heteroatoms. The Kier molecular flexibility index (Phi) is 5.63. The molecule has 28 heavy (non-hydrogen) atoms. The predicted molar refractivity (Wildman–Crippen MR) is 103 cm³/mol. The summed E-state index contributed by atoms with van der Waals surface area (Å²) >= 11 is 0. The Bertz CT molecular complexity index is 889. The van der Waals surface area contributed by atoms with Gasteiger partial charge >= 0.3 is 0 Å². The van der Waals surface area contributed by atoms with E-state index in [1.807, 2.05) is 6.92 Å². The van der Waals surface area contributed by atoms with Crippen LogP contribution in [0.5, 0.6) is 17.2 Å². The summed E-state index contributed by atoms with van der Waals surface area (Å²) in [7, 11) is 4.62. The first kappa shape index (κ1) is 19.8. The van der Waals surface area contributed by atoms with E-state index in [1.54, 1.807) is 19.1 Å². The molecular weight excluding hydrogens is 362 g/mol. The Hall–Kier alpha value is -2.96. The van der Waals surface area contributed by atoms with Crippen molar-refractivity contribution in [1.82, 2.24) is 5.32 Å². The molecule has 1 aromatic heterocycles. The third-order valence-corrected chi connectivity index (χ3v) is 5.05. The van der Waals surface area contributed by atoms with E-state index in [0.29, 0.717) is 47.0 Å². The molecular formula is C21H25NO6. The van der Waals surface area contributed by atoms with Crippen LogP contribution >= 0.6 is 0 Å². The van der Waals surface area contributed by atoms with E-state index in [4.69, 9.17) is 18.6 Å². The van der Waals surface area contributed by atoms with E-state index in [-0.39, 0.29) is 23.5 Å². The first-order chi connectivity index (χ1) is 13.4. The molecule has 1 N–H and O–H groups in total. The molecule has 0 bridgehead atoms. The number of ether oxygens (including phenoxy) is 3. The molecule has 0 spiro atoms. The van der Waals surface area contributed by atoms with Crippen LogP contribution in [0, 0.1) is 6.92 Å². The average Bonchev–Trinajstić information content (AvgIpc) is 3.04. The SMILES string of the molecule is COc1cc([C@H](C)NC(=O)c2oc3c(c2C)C(=O)CCC3)cc(OC)c1OC. The first-order valence-corrected chi connectivity index (χ1v) is 9.17. The molecule has 1 aromatic carbocycles. The van der Waals surface area contributed by atoms with E-state index >= 15 is 0 Å². The monoisotopic (exact) mass is 387 g/mol. The molecule has 3 rings (SSSR count). The van der Waals surface area contributed by atoms with Crippen LogP contribution in [-0.2, 0) is 6.42 Å². The van der Waals surface area contributed by atoms with Gasteiger partial charge in [0.15, 0.2) is 23.0 Å². The summed E-state index contributed by atoms with van der Waals surface area (Å²) in [5.74, 6) is 1.99. The lowest BCUT2D eigenvalue weighted by Gasteiger charge is -2.18. The second kappa shape index (κ2) is 7.96. The molecule has 1 atom stereocenters. The van der Waals surface area contributed by atoms with E-state index in [2.05, 4.69) is 5.32 Å². The molecule has 150 valence electrons. The lowest BCUT2D eigenvalue weighted by Crippen LogP contribution is -2.27. The van der Waals surface area contributed by atoms with Gasteiger partial charge in [-0.25, -0.2) is 0 Å². The van der Waals surface area contributed by atoms with Gasteiger partial charge in [0.2, 0.25) is 5.75 Å². The molecule has 0 aliphatic heterocycles. The summed E-state index contributed by atoms with van der Waals surface area (Å²) in [5, 5.41) is 2.92. The molecule has 1 aliphatic carbocycles. The Morgan fingerprint density at radius 2 is 1.75 bits per heavy atom. The maximum atomic E-state index is 12.8. The average molecular weight is 387 g/mol. The summed E-state index contributed by atoms with van der Waals surface area (Å²) < 4.78 is 21.8. The second-order valence-corrected chi connectivity index (χ2v) is 6.78. The Balaban J connectivity index is 1.87. The minimum Gasteiger partial charge on any atom is -0.493 e. The number of aryl methyl sites for hydroxylation is 1. The van der Waals surface area contributed by atoms with Gasteiger partial charge in [-0.15, -0.1) is 0 Å². The van der Waals surface area contributed by atoms with Crippen molar-refractivity contribution in [3.05, 3.63) is 40.3 Å². The number of amides is 1. The van der Waals surface area contributed by atoms with Gasteiger partial charge in [0.05, 0.1) is 32.9 Å². The number of methoxy groups -OCH3 is 3. The van der Waals surface area contributed by atoms with Crippen molar-refractivity contribution >= 4 is 11.7 Å². The number of benzene rings is 1. The van der Waals surface area contributed by atoms with Crippen LogP contribution in [0.25, 0.3) is 0 Å². The maximum Gasteiger partial charge on any atom is 0.287 e. The van der Waals surface area contributed by atoms with Crippen molar-refractivity contribution in [3.63, 3.8) is 0 Å². The van der Waals surface area contributed by atoms with Crippen LogP contribution in [0.2, 0.25) is 0 Å². The van der Waals surface area contributed by atoms with Crippen molar-refractivity contribution in [2.45, 2.75) is 39.2 Å². The number of rotatable bonds is 6. The molecule has 0 unspecified atom stereocenters.